The Labute approximate surface area is 146 Å². The van der Waals surface area contributed by atoms with E-state index in [0.29, 0.717) is 37.1 Å². The molecule has 2 aliphatic rings. The molecule has 2 aliphatic heterocycles. The molecule has 0 unspecified atom stereocenters. The SMILES string of the molecule is CCOC(=O)[C@H]1CC(=O)N(c2ccc(N3CCOCC3)c(Cl)c2)C1. The van der Waals surface area contributed by atoms with Crippen molar-refractivity contribution in [2.75, 3.05) is 49.3 Å². The number of carbonyl (C=O) groups excluding carboxylic acids is 2. The monoisotopic (exact) mass is 352 g/mol. The van der Waals surface area contributed by atoms with Crippen molar-refractivity contribution in [2.45, 2.75) is 13.3 Å². The van der Waals surface area contributed by atoms with E-state index in [9.17, 15) is 9.59 Å². The Hall–Kier alpha value is -1.79. The highest BCUT2D eigenvalue weighted by molar-refractivity contribution is 6.33. The maximum atomic E-state index is 12.2. The average molecular weight is 353 g/mol. The Balaban J connectivity index is 1.74. The largest absolute Gasteiger partial charge is 0.466 e. The van der Waals surface area contributed by atoms with Crippen LogP contribution in [0.1, 0.15) is 13.3 Å². The normalized spacial score (nSPS) is 21.2. The van der Waals surface area contributed by atoms with Crippen LogP contribution in [0.2, 0.25) is 5.02 Å². The Morgan fingerprint density at radius 1 is 1.38 bits per heavy atom. The number of hydrogen-bond donors (Lipinski definition) is 0. The summed E-state index contributed by atoms with van der Waals surface area (Å²) in [5, 5.41) is 0.599. The lowest BCUT2D eigenvalue weighted by molar-refractivity contribution is -0.147. The molecule has 7 heteroatoms. The Kier molecular flexibility index (Phi) is 5.26. The molecule has 2 heterocycles. The fourth-order valence-electron chi connectivity index (χ4n) is 3.10. The van der Waals surface area contributed by atoms with Crippen LogP contribution in [-0.2, 0) is 19.1 Å². The van der Waals surface area contributed by atoms with E-state index >= 15 is 0 Å². The zero-order valence-corrected chi connectivity index (χ0v) is 14.4. The number of hydrogen-bond acceptors (Lipinski definition) is 5. The zero-order chi connectivity index (χ0) is 17.1. The first kappa shape index (κ1) is 17.0. The van der Waals surface area contributed by atoms with Gasteiger partial charge in [0.15, 0.2) is 0 Å². The number of carbonyl (C=O) groups is 2. The fraction of sp³-hybridized carbons (Fsp3) is 0.529. The molecule has 130 valence electrons. The first-order valence-electron chi connectivity index (χ1n) is 8.19. The van der Waals surface area contributed by atoms with Gasteiger partial charge in [-0.2, -0.15) is 0 Å². The van der Waals surface area contributed by atoms with Gasteiger partial charge in [0.05, 0.1) is 36.4 Å². The summed E-state index contributed by atoms with van der Waals surface area (Å²) in [6.45, 7) is 5.39. The van der Waals surface area contributed by atoms with Crippen molar-refractivity contribution >= 4 is 34.9 Å². The highest BCUT2D eigenvalue weighted by atomic mass is 35.5. The maximum absolute atomic E-state index is 12.2. The van der Waals surface area contributed by atoms with Crippen LogP contribution in [0.4, 0.5) is 11.4 Å². The van der Waals surface area contributed by atoms with Gasteiger partial charge < -0.3 is 19.3 Å². The van der Waals surface area contributed by atoms with Crippen LogP contribution in [0.3, 0.4) is 0 Å². The lowest BCUT2D eigenvalue weighted by atomic mass is 10.1. The van der Waals surface area contributed by atoms with Gasteiger partial charge >= 0.3 is 5.97 Å². The highest BCUT2D eigenvalue weighted by Gasteiger charge is 2.36. The minimum absolute atomic E-state index is 0.0803. The summed E-state index contributed by atoms with van der Waals surface area (Å²) in [6.07, 6.45) is 0.182. The molecule has 2 saturated heterocycles. The minimum Gasteiger partial charge on any atom is -0.466 e. The number of anilines is 2. The van der Waals surface area contributed by atoms with Gasteiger partial charge in [0, 0.05) is 31.7 Å². The van der Waals surface area contributed by atoms with Crippen molar-refractivity contribution in [1.82, 2.24) is 0 Å². The van der Waals surface area contributed by atoms with Crippen LogP contribution in [0.25, 0.3) is 0 Å². The summed E-state index contributed by atoms with van der Waals surface area (Å²) in [5.41, 5.74) is 1.66. The molecule has 0 radical (unpaired) electrons. The number of nitrogens with zero attached hydrogens (tertiary/aromatic N) is 2. The van der Waals surface area contributed by atoms with Gasteiger partial charge in [0.1, 0.15) is 0 Å². The number of amides is 1. The van der Waals surface area contributed by atoms with Crippen LogP contribution in [0.15, 0.2) is 18.2 Å². The van der Waals surface area contributed by atoms with Gasteiger partial charge in [0.25, 0.3) is 0 Å². The molecule has 0 aliphatic carbocycles. The van der Waals surface area contributed by atoms with Crippen molar-refractivity contribution in [3.63, 3.8) is 0 Å². The highest BCUT2D eigenvalue weighted by Crippen LogP contribution is 2.33. The number of esters is 1. The summed E-state index contributed by atoms with van der Waals surface area (Å²) in [4.78, 5) is 27.9. The van der Waals surface area contributed by atoms with Gasteiger partial charge in [-0.05, 0) is 25.1 Å². The van der Waals surface area contributed by atoms with Gasteiger partial charge in [-0.15, -0.1) is 0 Å². The molecule has 0 spiro atoms. The zero-order valence-electron chi connectivity index (χ0n) is 13.7. The second-order valence-electron chi connectivity index (χ2n) is 5.89. The number of benzene rings is 1. The van der Waals surface area contributed by atoms with Crippen LogP contribution in [0, 0.1) is 5.92 Å². The molecule has 6 nitrogen and oxygen atoms in total. The molecule has 0 N–H and O–H groups in total. The third kappa shape index (κ3) is 3.49. The van der Waals surface area contributed by atoms with Crippen LogP contribution in [0.5, 0.6) is 0 Å². The minimum atomic E-state index is -0.407. The number of rotatable bonds is 4. The van der Waals surface area contributed by atoms with Crippen LogP contribution >= 0.6 is 11.6 Å². The van der Waals surface area contributed by atoms with Crippen LogP contribution in [-0.4, -0.2) is 51.3 Å². The predicted molar refractivity (Wildman–Crippen MR) is 91.6 cm³/mol. The Morgan fingerprint density at radius 2 is 2.12 bits per heavy atom. The molecule has 1 amide bonds. The first-order valence-corrected chi connectivity index (χ1v) is 8.57. The topological polar surface area (TPSA) is 59.1 Å². The molecule has 24 heavy (non-hydrogen) atoms. The molecule has 0 aromatic heterocycles. The summed E-state index contributed by atoms with van der Waals surface area (Å²) in [7, 11) is 0. The van der Waals surface area contributed by atoms with Crippen LogP contribution < -0.4 is 9.80 Å². The number of halogens is 1. The third-order valence-corrected chi connectivity index (χ3v) is 4.64. The molecule has 0 saturated carbocycles. The van der Waals surface area contributed by atoms with E-state index in [1.165, 1.54) is 0 Å². The maximum Gasteiger partial charge on any atom is 0.311 e. The quantitative estimate of drug-likeness (QED) is 0.777. The van der Waals surface area contributed by atoms with Crippen molar-refractivity contribution in [2.24, 2.45) is 5.92 Å². The molecule has 1 atom stereocenters. The first-order chi connectivity index (χ1) is 11.6. The molecule has 2 fully saturated rings. The lowest BCUT2D eigenvalue weighted by Gasteiger charge is -2.30. The second kappa shape index (κ2) is 7.40. The van der Waals surface area contributed by atoms with Crippen molar-refractivity contribution in [3.8, 4) is 0 Å². The second-order valence-corrected chi connectivity index (χ2v) is 6.30. The third-order valence-electron chi connectivity index (χ3n) is 4.34. The fourth-order valence-corrected chi connectivity index (χ4v) is 3.39. The van der Waals surface area contributed by atoms with E-state index in [0.717, 1.165) is 18.8 Å². The number of ether oxygens (including phenoxy) is 2. The van der Waals surface area contributed by atoms with Crippen molar-refractivity contribution in [1.29, 1.82) is 0 Å². The van der Waals surface area contributed by atoms with Crippen molar-refractivity contribution in [3.05, 3.63) is 23.2 Å². The van der Waals surface area contributed by atoms with E-state index in [1.807, 2.05) is 12.1 Å². The summed E-state index contributed by atoms with van der Waals surface area (Å²) in [5.74, 6) is -0.803. The van der Waals surface area contributed by atoms with Gasteiger partial charge in [-0.25, -0.2) is 0 Å². The molecular formula is C17H21ClN2O4. The van der Waals surface area contributed by atoms with E-state index in [4.69, 9.17) is 21.1 Å². The Bertz CT molecular complexity index is 631. The van der Waals surface area contributed by atoms with Gasteiger partial charge in [-0.3, -0.25) is 9.59 Å². The smallest absolute Gasteiger partial charge is 0.311 e. The Morgan fingerprint density at radius 3 is 2.79 bits per heavy atom. The molecule has 3 rings (SSSR count). The number of morpholine rings is 1. The summed E-state index contributed by atoms with van der Waals surface area (Å²) < 4.78 is 10.4. The van der Waals surface area contributed by atoms with Gasteiger partial charge in [0.2, 0.25) is 5.91 Å². The molecule has 0 bridgehead atoms. The summed E-state index contributed by atoms with van der Waals surface area (Å²) in [6, 6.07) is 5.59. The standard InChI is InChI=1S/C17H21ClN2O4/c1-2-24-17(22)12-9-16(21)20(11-12)13-3-4-15(14(18)10-13)19-5-7-23-8-6-19/h3-4,10,12H,2,5-9,11H2,1H3/t12-/m0/s1. The predicted octanol–water partition coefficient (Wildman–Crippen LogP) is 2.09. The molecule has 1 aromatic carbocycles. The molecule has 1 aromatic rings. The summed E-state index contributed by atoms with van der Waals surface area (Å²) >= 11 is 6.43. The van der Waals surface area contributed by atoms with Crippen molar-refractivity contribution < 1.29 is 19.1 Å². The van der Waals surface area contributed by atoms with E-state index in [-0.39, 0.29) is 18.3 Å². The van der Waals surface area contributed by atoms with E-state index in [1.54, 1.807) is 17.9 Å². The van der Waals surface area contributed by atoms with Gasteiger partial charge in [-0.1, -0.05) is 11.6 Å². The van der Waals surface area contributed by atoms with E-state index < -0.39 is 5.92 Å². The average Bonchev–Trinajstić information content (AvgIpc) is 2.98. The lowest BCUT2D eigenvalue weighted by Crippen LogP contribution is -2.36. The van der Waals surface area contributed by atoms with E-state index in [2.05, 4.69) is 4.90 Å². The molecular weight excluding hydrogens is 332 g/mol.